The Hall–Kier alpha value is -3.23. The van der Waals surface area contributed by atoms with Crippen LogP contribution in [0.2, 0.25) is 0 Å². The summed E-state index contributed by atoms with van der Waals surface area (Å²) in [6, 6.07) is 17.7. The largest absolute Gasteiger partial charge is 0.486 e. The number of carbonyl (C=O) groups excluding carboxylic acids is 1. The van der Waals surface area contributed by atoms with Crippen molar-refractivity contribution in [2.24, 2.45) is 0 Å². The third kappa shape index (κ3) is 8.13. The van der Waals surface area contributed by atoms with Crippen LogP contribution >= 0.6 is 12.1 Å². The number of fused-ring (bicyclic) bond motifs is 1. The minimum atomic E-state index is -0.0254. The average Bonchev–Trinajstić information content (AvgIpc) is 3.34. The summed E-state index contributed by atoms with van der Waals surface area (Å²) in [7, 11) is 1.59. The third-order valence-electron chi connectivity index (χ3n) is 5.64. The summed E-state index contributed by atoms with van der Waals surface area (Å²) in [5, 5.41) is 0. The zero-order valence-electron chi connectivity index (χ0n) is 23.0. The molecule has 2 aromatic carbocycles. The molecule has 1 amide bonds. The maximum Gasteiger partial charge on any atom is 0.232 e. The molecule has 1 saturated heterocycles. The molecule has 2 atom stereocenters. The number of carbonyl (C=O) groups is 1. The molecule has 0 bridgehead atoms. The number of nitrogens with zero attached hydrogens (tertiary/aromatic N) is 1. The predicted octanol–water partition coefficient (Wildman–Crippen LogP) is 7.50. The SMILES string of the molecule is CCC.CCC.COc1ccc(Oc2cccc3c2CCC3Oc2ccc(C3CC(=O)NSN3)cc2)cn1. The highest BCUT2D eigenvalue weighted by molar-refractivity contribution is 7.96. The van der Waals surface area contributed by atoms with Crippen molar-refractivity contribution < 1.29 is 19.0 Å². The molecule has 3 aromatic rings. The van der Waals surface area contributed by atoms with Gasteiger partial charge in [0.05, 0.1) is 19.3 Å². The first kappa shape index (κ1) is 29.3. The van der Waals surface area contributed by atoms with Crippen LogP contribution in [0.15, 0.2) is 60.8 Å². The van der Waals surface area contributed by atoms with Crippen LogP contribution in [0.1, 0.15) is 82.2 Å². The first-order chi connectivity index (χ1) is 18.5. The smallest absolute Gasteiger partial charge is 0.232 e. The fraction of sp³-hybridized carbons (Fsp3) is 0.400. The van der Waals surface area contributed by atoms with Gasteiger partial charge in [0.25, 0.3) is 0 Å². The quantitative estimate of drug-likeness (QED) is 0.315. The van der Waals surface area contributed by atoms with Crippen LogP contribution in [-0.4, -0.2) is 18.0 Å². The van der Waals surface area contributed by atoms with Crippen LogP contribution < -0.4 is 23.7 Å². The highest BCUT2D eigenvalue weighted by Crippen LogP contribution is 2.41. The Morgan fingerprint density at radius 1 is 0.974 bits per heavy atom. The van der Waals surface area contributed by atoms with Crippen LogP contribution in [-0.2, 0) is 11.2 Å². The van der Waals surface area contributed by atoms with Gasteiger partial charge < -0.3 is 14.2 Å². The number of amides is 1. The molecule has 2 N–H and O–H groups in total. The standard InChI is InChI=1S/C24H23N3O4S.2C3H8/c1-29-24-12-9-17(14-25-24)31-21-4-2-3-18-19(21)10-11-22(18)30-16-7-5-15(6-8-16)20-13-23(28)27-32-26-20;2*1-3-2/h2-9,12,14,20,22,26H,10-11,13H2,1H3,(H,27,28);2*3H2,1-2H3. The number of benzene rings is 2. The molecule has 1 aliphatic carbocycles. The van der Waals surface area contributed by atoms with Gasteiger partial charge in [0, 0.05) is 30.2 Å². The van der Waals surface area contributed by atoms with Crippen molar-refractivity contribution in [3.05, 3.63) is 77.5 Å². The van der Waals surface area contributed by atoms with E-state index < -0.39 is 0 Å². The lowest BCUT2D eigenvalue weighted by molar-refractivity contribution is -0.120. The van der Waals surface area contributed by atoms with Gasteiger partial charge >= 0.3 is 0 Å². The number of pyridine rings is 1. The van der Waals surface area contributed by atoms with Gasteiger partial charge in [-0.3, -0.25) is 9.52 Å². The maximum absolute atomic E-state index is 11.6. The van der Waals surface area contributed by atoms with E-state index in [2.05, 4.69) is 48.2 Å². The number of hydrogen-bond donors (Lipinski definition) is 2. The molecule has 0 spiro atoms. The van der Waals surface area contributed by atoms with Crippen molar-refractivity contribution in [2.45, 2.75) is 71.9 Å². The predicted molar refractivity (Wildman–Crippen MR) is 154 cm³/mol. The average molecular weight is 538 g/mol. The van der Waals surface area contributed by atoms with E-state index in [0.717, 1.165) is 35.5 Å². The van der Waals surface area contributed by atoms with Gasteiger partial charge in [-0.15, -0.1) is 0 Å². The summed E-state index contributed by atoms with van der Waals surface area (Å²) < 4.78 is 23.4. The summed E-state index contributed by atoms with van der Waals surface area (Å²) >= 11 is 1.23. The van der Waals surface area contributed by atoms with Gasteiger partial charge in [-0.1, -0.05) is 64.8 Å². The van der Waals surface area contributed by atoms with E-state index in [1.54, 1.807) is 19.4 Å². The lowest BCUT2D eigenvalue weighted by Gasteiger charge is -2.23. The second-order valence-electron chi connectivity index (χ2n) is 9.09. The van der Waals surface area contributed by atoms with Gasteiger partial charge in [0.15, 0.2) is 0 Å². The topological polar surface area (TPSA) is 81.7 Å². The van der Waals surface area contributed by atoms with E-state index >= 15 is 0 Å². The number of nitrogens with one attached hydrogen (secondary N) is 2. The van der Waals surface area contributed by atoms with E-state index in [1.165, 1.54) is 30.5 Å². The molecular weight excluding hydrogens is 498 g/mol. The molecule has 0 saturated carbocycles. The zero-order valence-corrected chi connectivity index (χ0v) is 23.8. The van der Waals surface area contributed by atoms with Gasteiger partial charge in [0.1, 0.15) is 23.4 Å². The summed E-state index contributed by atoms with van der Waals surface area (Å²) in [6.45, 7) is 8.50. The molecule has 204 valence electrons. The number of ether oxygens (including phenoxy) is 3. The van der Waals surface area contributed by atoms with Crippen molar-refractivity contribution in [1.29, 1.82) is 0 Å². The highest BCUT2D eigenvalue weighted by atomic mass is 32.2. The lowest BCUT2D eigenvalue weighted by atomic mass is 10.0. The van der Waals surface area contributed by atoms with Crippen molar-refractivity contribution in [2.75, 3.05) is 7.11 Å². The van der Waals surface area contributed by atoms with Gasteiger partial charge in [-0.25, -0.2) is 9.71 Å². The molecule has 7 nitrogen and oxygen atoms in total. The van der Waals surface area contributed by atoms with Crippen LogP contribution in [0.25, 0.3) is 0 Å². The minimum Gasteiger partial charge on any atom is -0.486 e. The van der Waals surface area contributed by atoms with Crippen molar-refractivity contribution >= 4 is 18.0 Å². The fourth-order valence-electron chi connectivity index (χ4n) is 4.03. The molecule has 2 heterocycles. The second kappa shape index (κ2) is 15.2. The van der Waals surface area contributed by atoms with Crippen LogP contribution in [0, 0.1) is 0 Å². The molecule has 1 aromatic heterocycles. The number of rotatable bonds is 6. The van der Waals surface area contributed by atoms with Crippen LogP contribution in [0.4, 0.5) is 0 Å². The molecule has 5 rings (SSSR count). The van der Waals surface area contributed by atoms with E-state index in [0.29, 0.717) is 18.1 Å². The fourth-order valence-corrected chi connectivity index (χ4v) is 4.65. The van der Waals surface area contributed by atoms with Crippen molar-refractivity contribution in [3.8, 4) is 23.1 Å². The number of hydrogen-bond acceptors (Lipinski definition) is 7. The van der Waals surface area contributed by atoms with E-state index in [9.17, 15) is 4.79 Å². The van der Waals surface area contributed by atoms with Crippen LogP contribution in [0.5, 0.6) is 23.1 Å². The third-order valence-corrected chi connectivity index (χ3v) is 6.37. The van der Waals surface area contributed by atoms with Crippen LogP contribution in [0.3, 0.4) is 0 Å². The van der Waals surface area contributed by atoms with Gasteiger partial charge in [-0.2, -0.15) is 0 Å². The molecule has 2 aliphatic rings. The Kier molecular flexibility index (Phi) is 11.8. The minimum absolute atomic E-state index is 0.00200. The highest BCUT2D eigenvalue weighted by Gasteiger charge is 2.27. The van der Waals surface area contributed by atoms with Gasteiger partial charge in [-0.05, 0) is 48.2 Å². The summed E-state index contributed by atoms with van der Waals surface area (Å²) in [4.78, 5) is 15.8. The number of aromatic nitrogens is 1. The zero-order chi connectivity index (χ0) is 27.3. The first-order valence-corrected chi connectivity index (χ1v) is 14.1. The second-order valence-corrected chi connectivity index (χ2v) is 9.74. The Morgan fingerprint density at radius 3 is 2.32 bits per heavy atom. The molecule has 1 fully saturated rings. The molecule has 2 unspecified atom stereocenters. The molecule has 38 heavy (non-hydrogen) atoms. The molecule has 0 radical (unpaired) electrons. The van der Waals surface area contributed by atoms with E-state index in [-0.39, 0.29) is 18.1 Å². The monoisotopic (exact) mass is 537 g/mol. The Balaban J connectivity index is 0.000000611. The van der Waals surface area contributed by atoms with Gasteiger partial charge in [0.2, 0.25) is 11.8 Å². The summed E-state index contributed by atoms with van der Waals surface area (Å²) in [6.07, 6.45) is 6.33. The summed E-state index contributed by atoms with van der Waals surface area (Å²) in [5.41, 5.74) is 3.38. The Labute approximate surface area is 231 Å². The normalized spacial score (nSPS) is 17.6. The van der Waals surface area contributed by atoms with E-state index in [4.69, 9.17) is 14.2 Å². The molecule has 8 heteroatoms. The Bertz CT molecular complexity index is 1140. The Morgan fingerprint density at radius 2 is 1.68 bits per heavy atom. The molecule has 1 aliphatic heterocycles. The maximum atomic E-state index is 11.6. The van der Waals surface area contributed by atoms with E-state index in [1.807, 2.05) is 42.5 Å². The molecular formula is C30H39N3O4S. The van der Waals surface area contributed by atoms with Crippen molar-refractivity contribution in [1.82, 2.24) is 14.4 Å². The summed E-state index contributed by atoms with van der Waals surface area (Å²) in [5.74, 6) is 2.89. The first-order valence-electron chi connectivity index (χ1n) is 13.3. The lowest BCUT2D eigenvalue weighted by Crippen LogP contribution is -2.33. The number of methoxy groups -OCH3 is 1. The van der Waals surface area contributed by atoms with Crippen molar-refractivity contribution in [3.63, 3.8) is 0 Å².